The van der Waals surface area contributed by atoms with E-state index in [1.165, 1.54) is 36.0 Å². The summed E-state index contributed by atoms with van der Waals surface area (Å²) in [6, 6.07) is 11.0. The van der Waals surface area contributed by atoms with E-state index in [9.17, 15) is 9.18 Å². The summed E-state index contributed by atoms with van der Waals surface area (Å²) >= 11 is 1.24. The van der Waals surface area contributed by atoms with Crippen molar-refractivity contribution in [3.8, 4) is 27.8 Å². The minimum atomic E-state index is -1.07. The summed E-state index contributed by atoms with van der Waals surface area (Å²) in [4.78, 5) is 15.1. The summed E-state index contributed by atoms with van der Waals surface area (Å²) in [6.45, 7) is 0.509. The molecular formula is C19H16FNO5S. The van der Waals surface area contributed by atoms with Crippen molar-refractivity contribution in [3.63, 3.8) is 0 Å². The van der Waals surface area contributed by atoms with E-state index in [2.05, 4.69) is 4.98 Å². The predicted molar refractivity (Wildman–Crippen MR) is 98.5 cm³/mol. The van der Waals surface area contributed by atoms with E-state index in [1.807, 2.05) is 0 Å². The third-order valence-corrected chi connectivity index (χ3v) is 4.45. The second kappa shape index (κ2) is 8.50. The molecule has 3 rings (SSSR count). The Morgan fingerprint density at radius 2 is 1.85 bits per heavy atom. The molecule has 0 fully saturated rings. The zero-order valence-corrected chi connectivity index (χ0v) is 15.2. The SMILES string of the molecule is COc1ccc(-c2nc(C(=O)O)cs2)cc1OCCOc1ccc(F)cc1. The zero-order valence-electron chi connectivity index (χ0n) is 14.3. The highest BCUT2D eigenvalue weighted by molar-refractivity contribution is 7.13. The van der Waals surface area contributed by atoms with Crippen LogP contribution in [-0.4, -0.2) is 36.4 Å². The number of halogens is 1. The van der Waals surface area contributed by atoms with Gasteiger partial charge in [-0.15, -0.1) is 11.3 Å². The first-order valence-corrected chi connectivity index (χ1v) is 8.83. The highest BCUT2D eigenvalue weighted by atomic mass is 32.1. The molecule has 0 aliphatic heterocycles. The Bertz CT molecular complexity index is 926. The van der Waals surface area contributed by atoms with Crippen LogP contribution in [0.2, 0.25) is 0 Å². The topological polar surface area (TPSA) is 77.9 Å². The van der Waals surface area contributed by atoms with Crippen LogP contribution < -0.4 is 14.2 Å². The number of carboxylic acid groups (broad SMARTS) is 1. The van der Waals surface area contributed by atoms with Gasteiger partial charge in [0, 0.05) is 10.9 Å². The number of aromatic carboxylic acids is 1. The maximum atomic E-state index is 12.9. The van der Waals surface area contributed by atoms with Gasteiger partial charge < -0.3 is 19.3 Å². The molecule has 0 saturated heterocycles. The Kier molecular flexibility index (Phi) is 5.87. The molecule has 140 valence electrons. The largest absolute Gasteiger partial charge is 0.493 e. The van der Waals surface area contributed by atoms with Crippen molar-refractivity contribution in [1.82, 2.24) is 4.98 Å². The van der Waals surface area contributed by atoms with Crippen LogP contribution in [0.4, 0.5) is 4.39 Å². The Labute approximate surface area is 158 Å². The molecule has 0 saturated carbocycles. The number of aromatic nitrogens is 1. The van der Waals surface area contributed by atoms with E-state index in [4.69, 9.17) is 19.3 Å². The van der Waals surface area contributed by atoms with E-state index >= 15 is 0 Å². The molecule has 27 heavy (non-hydrogen) atoms. The zero-order chi connectivity index (χ0) is 19.2. The molecule has 0 unspecified atom stereocenters. The van der Waals surface area contributed by atoms with E-state index in [1.54, 1.807) is 30.3 Å². The van der Waals surface area contributed by atoms with Crippen LogP contribution in [0, 0.1) is 5.82 Å². The molecule has 0 amide bonds. The summed E-state index contributed by atoms with van der Waals surface area (Å²) in [6.07, 6.45) is 0. The van der Waals surface area contributed by atoms with Crippen molar-refractivity contribution in [2.24, 2.45) is 0 Å². The summed E-state index contributed by atoms with van der Waals surface area (Å²) < 4.78 is 29.4. The number of carboxylic acids is 1. The standard InChI is InChI=1S/C19H16FNO5S/c1-24-16-7-2-12(18-21-15(11-27-18)19(22)23)10-17(16)26-9-8-25-14-5-3-13(20)4-6-14/h2-7,10-11H,8-9H2,1H3,(H,22,23). The Morgan fingerprint density at radius 3 is 2.52 bits per heavy atom. The first-order chi connectivity index (χ1) is 13.1. The van der Waals surface area contributed by atoms with Crippen LogP contribution in [0.25, 0.3) is 10.6 Å². The van der Waals surface area contributed by atoms with Gasteiger partial charge >= 0.3 is 5.97 Å². The van der Waals surface area contributed by atoms with Gasteiger partial charge in [0.2, 0.25) is 0 Å². The molecule has 0 aliphatic carbocycles. The van der Waals surface area contributed by atoms with Crippen LogP contribution in [0.3, 0.4) is 0 Å². The summed E-state index contributed by atoms with van der Waals surface area (Å²) in [5, 5.41) is 11.1. The molecule has 0 aliphatic rings. The number of methoxy groups -OCH3 is 1. The normalized spacial score (nSPS) is 10.4. The Morgan fingerprint density at radius 1 is 1.11 bits per heavy atom. The average Bonchev–Trinajstić information content (AvgIpc) is 3.17. The maximum Gasteiger partial charge on any atom is 0.355 e. The van der Waals surface area contributed by atoms with Crippen molar-refractivity contribution < 1.29 is 28.5 Å². The fourth-order valence-corrected chi connectivity index (χ4v) is 3.06. The first-order valence-electron chi connectivity index (χ1n) is 7.95. The number of nitrogens with zero attached hydrogens (tertiary/aromatic N) is 1. The molecule has 8 heteroatoms. The van der Waals surface area contributed by atoms with Gasteiger partial charge in [0.25, 0.3) is 0 Å². The van der Waals surface area contributed by atoms with Gasteiger partial charge in [-0.1, -0.05) is 0 Å². The highest BCUT2D eigenvalue weighted by Crippen LogP contribution is 2.33. The van der Waals surface area contributed by atoms with Crippen molar-refractivity contribution >= 4 is 17.3 Å². The van der Waals surface area contributed by atoms with Crippen LogP contribution in [0.5, 0.6) is 17.2 Å². The van der Waals surface area contributed by atoms with Gasteiger partial charge in [0.05, 0.1) is 7.11 Å². The van der Waals surface area contributed by atoms with Gasteiger partial charge in [-0.25, -0.2) is 14.2 Å². The number of ether oxygens (including phenoxy) is 3. The fraction of sp³-hybridized carbons (Fsp3) is 0.158. The lowest BCUT2D eigenvalue weighted by Gasteiger charge is -2.12. The third kappa shape index (κ3) is 4.73. The Hall–Kier alpha value is -3.13. The van der Waals surface area contributed by atoms with Crippen LogP contribution in [0.1, 0.15) is 10.5 Å². The molecule has 3 aromatic rings. The number of thiazole rings is 1. The summed E-state index contributed by atoms with van der Waals surface area (Å²) in [5.41, 5.74) is 0.726. The van der Waals surface area contributed by atoms with Crippen molar-refractivity contribution in [2.75, 3.05) is 20.3 Å². The first kappa shape index (κ1) is 18.7. The molecule has 0 spiro atoms. The van der Waals surface area contributed by atoms with E-state index in [0.717, 1.165) is 5.56 Å². The molecule has 6 nitrogen and oxygen atoms in total. The number of carbonyl (C=O) groups is 1. The lowest BCUT2D eigenvalue weighted by molar-refractivity contribution is 0.0691. The smallest absolute Gasteiger partial charge is 0.355 e. The highest BCUT2D eigenvalue weighted by Gasteiger charge is 2.13. The summed E-state index contributed by atoms with van der Waals surface area (Å²) in [7, 11) is 1.53. The lowest BCUT2D eigenvalue weighted by Crippen LogP contribution is -2.09. The molecule has 1 N–H and O–H groups in total. The van der Waals surface area contributed by atoms with E-state index < -0.39 is 5.97 Å². The van der Waals surface area contributed by atoms with E-state index in [0.29, 0.717) is 22.3 Å². The number of benzene rings is 2. The molecular weight excluding hydrogens is 373 g/mol. The van der Waals surface area contributed by atoms with Crippen LogP contribution in [-0.2, 0) is 0 Å². The summed E-state index contributed by atoms with van der Waals surface area (Å²) in [5.74, 6) is 0.179. The van der Waals surface area contributed by atoms with Gasteiger partial charge in [0.15, 0.2) is 17.2 Å². The lowest BCUT2D eigenvalue weighted by atomic mass is 10.2. The predicted octanol–water partition coefficient (Wildman–Crippen LogP) is 4.11. The van der Waals surface area contributed by atoms with Crippen LogP contribution in [0.15, 0.2) is 47.8 Å². The van der Waals surface area contributed by atoms with E-state index in [-0.39, 0.29) is 24.7 Å². The fourth-order valence-electron chi connectivity index (χ4n) is 2.27. The average molecular weight is 389 g/mol. The molecule has 0 bridgehead atoms. The molecule has 1 heterocycles. The second-order valence-electron chi connectivity index (χ2n) is 5.36. The molecule has 2 aromatic carbocycles. The van der Waals surface area contributed by atoms with Crippen molar-refractivity contribution in [1.29, 1.82) is 0 Å². The monoisotopic (exact) mass is 389 g/mol. The van der Waals surface area contributed by atoms with Crippen LogP contribution >= 0.6 is 11.3 Å². The number of hydrogen-bond acceptors (Lipinski definition) is 6. The molecule has 0 radical (unpaired) electrons. The van der Waals surface area contributed by atoms with Crippen molar-refractivity contribution in [3.05, 3.63) is 59.4 Å². The van der Waals surface area contributed by atoms with Gasteiger partial charge in [-0.05, 0) is 42.5 Å². The number of hydrogen-bond donors (Lipinski definition) is 1. The van der Waals surface area contributed by atoms with Crippen molar-refractivity contribution in [2.45, 2.75) is 0 Å². The van der Waals surface area contributed by atoms with Gasteiger partial charge in [-0.3, -0.25) is 0 Å². The third-order valence-electron chi connectivity index (χ3n) is 3.56. The van der Waals surface area contributed by atoms with Gasteiger partial charge in [0.1, 0.15) is 29.8 Å². The number of rotatable bonds is 8. The second-order valence-corrected chi connectivity index (χ2v) is 6.22. The molecule has 1 aromatic heterocycles. The maximum absolute atomic E-state index is 12.9. The Balaban J connectivity index is 1.66. The molecule has 0 atom stereocenters. The minimum absolute atomic E-state index is 0.000911. The van der Waals surface area contributed by atoms with Gasteiger partial charge in [-0.2, -0.15) is 0 Å². The minimum Gasteiger partial charge on any atom is -0.493 e. The quantitative estimate of drug-likeness (QED) is 0.584.